The molecule has 0 radical (unpaired) electrons. The second-order valence-corrected chi connectivity index (χ2v) is 4.84. The number of carbonyl (C=O) groups is 2. The van der Waals surface area contributed by atoms with Crippen molar-refractivity contribution in [1.82, 2.24) is 4.98 Å². The first kappa shape index (κ1) is 14.8. The third-order valence-electron chi connectivity index (χ3n) is 3.21. The van der Waals surface area contributed by atoms with Gasteiger partial charge in [-0.1, -0.05) is 0 Å². The summed E-state index contributed by atoms with van der Waals surface area (Å²) in [4.78, 5) is 27.8. The van der Waals surface area contributed by atoms with E-state index in [0.717, 1.165) is 0 Å². The monoisotopic (exact) mass is 314 g/mol. The SMILES string of the molecule is C[C@@H](OC(=O)c1ccncc1)C(=O)Nc1ccc2c(c1)OCO2. The summed E-state index contributed by atoms with van der Waals surface area (Å²) in [5, 5.41) is 2.66. The molecule has 0 saturated heterocycles. The van der Waals surface area contributed by atoms with Crippen LogP contribution in [0.2, 0.25) is 0 Å². The molecular weight excluding hydrogens is 300 g/mol. The Bertz CT molecular complexity index is 733. The van der Waals surface area contributed by atoms with Crippen molar-refractivity contribution in [2.75, 3.05) is 12.1 Å². The van der Waals surface area contributed by atoms with Crippen molar-refractivity contribution in [2.45, 2.75) is 13.0 Å². The highest BCUT2D eigenvalue weighted by molar-refractivity contribution is 5.97. The number of hydrogen-bond acceptors (Lipinski definition) is 6. The molecule has 1 aromatic carbocycles. The van der Waals surface area contributed by atoms with Crippen LogP contribution >= 0.6 is 0 Å². The minimum atomic E-state index is -0.943. The van der Waals surface area contributed by atoms with E-state index in [0.29, 0.717) is 22.7 Å². The van der Waals surface area contributed by atoms with Crippen LogP contribution in [0.1, 0.15) is 17.3 Å². The van der Waals surface area contributed by atoms with Crippen LogP contribution in [0.4, 0.5) is 5.69 Å². The Morgan fingerprint density at radius 1 is 1.17 bits per heavy atom. The fraction of sp³-hybridized carbons (Fsp3) is 0.188. The zero-order valence-electron chi connectivity index (χ0n) is 12.3. The smallest absolute Gasteiger partial charge is 0.339 e. The molecule has 0 fully saturated rings. The van der Waals surface area contributed by atoms with Gasteiger partial charge in [0.2, 0.25) is 6.79 Å². The van der Waals surface area contributed by atoms with E-state index in [9.17, 15) is 9.59 Å². The molecule has 118 valence electrons. The molecule has 0 saturated carbocycles. The maximum Gasteiger partial charge on any atom is 0.339 e. The Morgan fingerprint density at radius 3 is 2.70 bits per heavy atom. The van der Waals surface area contributed by atoms with Crippen LogP contribution in [0.5, 0.6) is 11.5 Å². The van der Waals surface area contributed by atoms with E-state index in [1.807, 2.05) is 0 Å². The summed E-state index contributed by atoms with van der Waals surface area (Å²) in [5.41, 5.74) is 0.869. The Kier molecular flexibility index (Phi) is 4.09. The van der Waals surface area contributed by atoms with Crippen molar-refractivity contribution < 1.29 is 23.8 Å². The molecule has 3 rings (SSSR count). The zero-order valence-corrected chi connectivity index (χ0v) is 12.3. The van der Waals surface area contributed by atoms with E-state index in [-0.39, 0.29) is 6.79 Å². The first-order valence-corrected chi connectivity index (χ1v) is 6.95. The summed E-state index contributed by atoms with van der Waals surface area (Å²) < 4.78 is 15.6. The van der Waals surface area contributed by atoms with Gasteiger partial charge in [0, 0.05) is 24.1 Å². The number of fused-ring (bicyclic) bond motifs is 1. The molecule has 1 aliphatic heterocycles. The number of benzene rings is 1. The summed E-state index contributed by atoms with van der Waals surface area (Å²) in [6.45, 7) is 1.66. The van der Waals surface area contributed by atoms with Crippen LogP contribution in [0, 0.1) is 0 Å². The van der Waals surface area contributed by atoms with Gasteiger partial charge in [0.1, 0.15) is 0 Å². The topological polar surface area (TPSA) is 86.8 Å². The molecule has 1 aromatic heterocycles. The van der Waals surface area contributed by atoms with Crippen LogP contribution in [0.25, 0.3) is 0 Å². The van der Waals surface area contributed by atoms with Crippen molar-refractivity contribution in [3.8, 4) is 11.5 Å². The van der Waals surface area contributed by atoms with Crippen molar-refractivity contribution in [3.05, 3.63) is 48.3 Å². The van der Waals surface area contributed by atoms with Crippen molar-refractivity contribution in [2.24, 2.45) is 0 Å². The lowest BCUT2D eigenvalue weighted by Gasteiger charge is -2.13. The maximum absolute atomic E-state index is 12.1. The van der Waals surface area contributed by atoms with E-state index in [4.69, 9.17) is 14.2 Å². The predicted molar refractivity (Wildman–Crippen MR) is 80.3 cm³/mol. The Morgan fingerprint density at radius 2 is 1.91 bits per heavy atom. The number of hydrogen-bond donors (Lipinski definition) is 1. The van der Waals surface area contributed by atoms with Gasteiger partial charge in [-0.2, -0.15) is 0 Å². The van der Waals surface area contributed by atoms with E-state index in [2.05, 4.69) is 10.3 Å². The molecule has 2 aromatic rings. The molecule has 0 bridgehead atoms. The molecule has 7 nitrogen and oxygen atoms in total. The highest BCUT2D eigenvalue weighted by Gasteiger charge is 2.20. The largest absolute Gasteiger partial charge is 0.454 e. The number of ether oxygens (including phenoxy) is 3. The summed E-state index contributed by atoms with van der Waals surface area (Å²) in [5.74, 6) is 0.163. The zero-order chi connectivity index (χ0) is 16.2. The van der Waals surface area contributed by atoms with Gasteiger partial charge >= 0.3 is 5.97 Å². The molecule has 0 unspecified atom stereocenters. The van der Waals surface area contributed by atoms with Gasteiger partial charge in [0.05, 0.1) is 5.56 Å². The summed E-state index contributed by atoms with van der Waals surface area (Å²) >= 11 is 0. The summed E-state index contributed by atoms with van der Waals surface area (Å²) in [7, 11) is 0. The number of anilines is 1. The molecule has 0 aliphatic carbocycles. The van der Waals surface area contributed by atoms with Gasteiger partial charge in [0.25, 0.3) is 5.91 Å². The van der Waals surface area contributed by atoms with Gasteiger partial charge in [-0.05, 0) is 31.2 Å². The molecule has 23 heavy (non-hydrogen) atoms. The van der Waals surface area contributed by atoms with Crippen molar-refractivity contribution in [1.29, 1.82) is 0 Å². The first-order valence-electron chi connectivity index (χ1n) is 6.95. The average Bonchev–Trinajstić information content (AvgIpc) is 3.03. The quantitative estimate of drug-likeness (QED) is 0.869. The number of nitrogens with one attached hydrogen (secondary N) is 1. The first-order chi connectivity index (χ1) is 11.1. The van der Waals surface area contributed by atoms with Gasteiger partial charge < -0.3 is 19.5 Å². The lowest BCUT2D eigenvalue weighted by molar-refractivity contribution is -0.123. The highest BCUT2D eigenvalue weighted by atomic mass is 16.7. The predicted octanol–water partition coefficient (Wildman–Crippen LogP) is 1.99. The molecule has 1 aliphatic rings. The van der Waals surface area contributed by atoms with Gasteiger partial charge in [0.15, 0.2) is 17.6 Å². The normalized spacial score (nSPS) is 13.3. The fourth-order valence-electron chi connectivity index (χ4n) is 1.99. The molecule has 7 heteroatoms. The fourth-order valence-corrected chi connectivity index (χ4v) is 1.99. The van der Waals surface area contributed by atoms with Crippen LogP contribution in [-0.4, -0.2) is 29.8 Å². The van der Waals surface area contributed by atoms with E-state index in [1.54, 1.807) is 18.2 Å². The minimum Gasteiger partial charge on any atom is -0.454 e. The van der Waals surface area contributed by atoms with Crippen LogP contribution in [-0.2, 0) is 9.53 Å². The Labute approximate surface area is 132 Å². The van der Waals surface area contributed by atoms with Crippen LogP contribution < -0.4 is 14.8 Å². The summed E-state index contributed by atoms with van der Waals surface area (Å²) in [6.07, 6.45) is 2.02. The summed E-state index contributed by atoms with van der Waals surface area (Å²) in [6, 6.07) is 8.07. The number of pyridine rings is 1. The van der Waals surface area contributed by atoms with Crippen molar-refractivity contribution in [3.63, 3.8) is 0 Å². The standard InChI is InChI=1S/C16H14N2O5/c1-10(23-16(20)11-4-6-17-7-5-11)15(19)18-12-2-3-13-14(8-12)22-9-21-13/h2-8,10H,9H2,1H3,(H,18,19)/t10-/m1/s1. The molecule has 1 amide bonds. The van der Waals surface area contributed by atoms with Gasteiger partial charge in [-0.25, -0.2) is 4.79 Å². The van der Waals surface area contributed by atoms with Crippen molar-refractivity contribution >= 4 is 17.6 Å². The molecule has 0 spiro atoms. The van der Waals surface area contributed by atoms with Crippen LogP contribution in [0.15, 0.2) is 42.7 Å². The van der Waals surface area contributed by atoms with Crippen LogP contribution in [0.3, 0.4) is 0 Å². The number of nitrogens with zero attached hydrogens (tertiary/aromatic N) is 1. The number of carbonyl (C=O) groups excluding carboxylic acids is 2. The number of amides is 1. The average molecular weight is 314 g/mol. The lowest BCUT2D eigenvalue weighted by atomic mass is 10.2. The van der Waals surface area contributed by atoms with Gasteiger partial charge in [-0.3, -0.25) is 9.78 Å². The highest BCUT2D eigenvalue weighted by Crippen LogP contribution is 2.34. The number of aromatic nitrogens is 1. The molecule has 1 N–H and O–H groups in total. The third-order valence-corrected chi connectivity index (χ3v) is 3.21. The number of esters is 1. The second-order valence-electron chi connectivity index (χ2n) is 4.84. The van der Waals surface area contributed by atoms with E-state index >= 15 is 0 Å². The van der Waals surface area contributed by atoms with Gasteiger partial charge in [-0.15, -0.1) is 0 Å². The molecule has 1 atom stereocenters. The Balaban J connectivity index is 1.60. The maximum atomic E-state index is 12.1. The Hall–Kier alpha value is -3.09. The van der Waals surface area contributed by atoms with E-state index in [1.165, 1.54) is 31.5 Å². The van der Waals surface area contributed by atoms with E-state index < -0.39 is 18.0 Å². The number of rotatable bonds is 4. The second kappa shape index (κ2) is 6.35. The molecule has 2 heterocycles. The third kappa shape index (κ3) is 3.39. The molecular formula is C16H14N2O5. The minimum absolute atomic E-state index is 0.159. The lowest BCUT2D eigenvalue weighted by Crippen LogP contribution is -2.30.